The van der Waals surface area contributed by atoms with Crippen LogP contribution in [0.5, 0.6) is 5.75 Å². The summed E-state index contributed by atoms with van der Waals surface area (Å²) in [6.45, 7) is 4.45. The van der Waals surface area contributed by atoms with E-state index in [1.165, 1.54) is 19.3 Å². The zero-order valence-electron chi connectivity index (χ0n) is 15.0. The first-order valence-electron chi connectivity index (χ1n) is 9.06. The maximum Gasteiger partial charge on any atom is 0.258 e. The molecule has 1 amide bonds. The van der Waals surface area contributed by atoms with E-state index in [1.54, 1.807) is 18.4 Å². The van der Waals surface area contributed by atoms with E-state index in [-0.39, 0.29) is 18.6 Å². The number of rotatable bonds is 7. The Hall–Kier alpha value is -1.98. The first kappa shape index (κ1) is 18.8. The molecule has 1 unspecified atom stereocenters. The number of amides is 1. The molecule has 1 aliphatic heterocycles. The van der Waals surface area contributed by atoms with Gasteiger partial charge in [-0.25, -0.2) is 0 Å². The van der Waals surface area contributed by atoms with Crippen molar-refractivity contribution in [3.63, 3.8) is 0 Å². The lowest BCUT2D eigenvalue weighted by Gasteiger charge is -2.33. The number of furan rings is 1. The molecule has 5 nitrogen and oxygen atoms in total. The third-order valence-electron chi connectivity index (χ3n) is 4.69. The van der Waals surface area contributed by atoms with Crippen molar-refractivity contribution >= 4 is 17.5 Å². The Labute approximate surface area is 159 Å². The number of hydrogen-bond donors (Lipinski definition) is 1. The van der Waals surface area contributed by atoms with Crippen LogP contribution in [0.15, 0.2) is 41.0 Å². The van der Waals surface area contributed by atoms with Crippen LogP contribution in [0.4, 0.5) is 0 Å². The summed E-state index contributed by atoms with van der Waals surface area (Å²) in [6, 6.07) is 9.28. The van der Waals surface area contributed by atoms with E-state index >= 15 is 0 Å². The third kappa shape index (κ3) is 5.02. The third-order valence-corrected chi connectivity index (χ3v) is 4.93. The molecule has 1 aromatic heterocycles. The van der Waals surface area contributed by atoms with Gasteiger partial charge in [-0.2, -0.15) is 0 Å². The van der Waals surface area contributed by atoms with Gasteiger partial charge in [0.15, 0.2) is 6.61 Å². The molecule has 26 heavy (non-hydrogen) atoms. The van der Waals surface area contributed by atoms with Gasteiger partial charge < -0.3 is 14.5 Å². The number of halogens is 1. The lowest BCUT2D eigenvalue weighted by atomic mass is 10.1. The topological polar surface area (TPSA) is 54.7 Å². The van der Waals surface area contributed by atoms with E-state index in [1.807, 2.05) is 25.1 Å². The molecule has 2 aromatic rings. The van der Waals surface area contributed by atoms with Crippen LogP contribution < -0.4 is 10.1 Å². The molecule has 140 valence electrons. The largest absolute Gasteiger partial charge is 0.484 e. The highest BCUT2D eigenvalue weighted by molar-refractivity contribution is 6.30. The number of carbonyl (C=O) groups is 1. The summed E-state index contributed by atoms with van der Waals surface area (Å²) in [5, 5.41) is 3.63. The van der Waals surface area contributed by atoms with E-state index in [4.69, 9.17) is 20.8 Å². The van der Waals surface area contributed by atoms with Gasteiger partial charge in [0, 0.05) is 11.6 Å². The minimum atomic E-state index is -0.145. The van der Waals surface area contributed by atoms with Crippen LogP contribution in [0.2, 0.25) is 5.02 Å². The summed E-state index contributed by atoms with van der Waals surface area (Å²) in [6.07, 6.45) is 5.32. The highest BCUT2D eigenvalue weighted by Crippen LogP contribution is 2.25. The van der Waals surface area contributed by atoms with Crippen molar-refractivity contribution in [1.29, 1.82) is 0 Å². The summed E-state index contributed by atoms with van der Waals surface area (Å²) in [5.41, 5.74) is 0.909. The Kier molecular flexibility index (Phi) is 6.58. The standard InChI is InChI=1S/C20H25ClN2O3/c1-15-12-16(21)7-8-18(15)26-14-20(24)22-13-17(19-6-5-11-25-19)23-9-3-2-4-10-23/h5-8,11-12,17H,2-4,9-10,13-14H2,1H3,(H,22,24). The normalized spacial score (nSPS) is 16.2. The van der Waals surface area contributed by atoms with Crippen molar-refractivity contribution in [3.8, 4) is 5.75 Å². The van der Waals surface area contributed by atoms with Gasteiger partial charge in [0.05, 0.1) is 12.3 Å². The molecule has 1 fully saturated rings. The van der Waals surface area contributed by atoms with Gasteiger partial charge >= 0.3 is 0 Å². The van der Waals surface area contributed by atoms with Gasteiger partial charge in [-0.05, 0) is 68.8 Å². The zero-order valence-corrected chi connectivity index (χ0v) is 15.8. The number of nitrogens with zero attached hydrogens (tertiary/aromatic N) is 1. The second-order valence-corrected chi connectivity index (χ2v) is 7.07. The molecule has 3 rings (SSSR count). The molecule has 0 saturated carbocycles. The summed E-state index contributed by atoms with van der Waals surface area (Å²) in [5.74, 6) is 1.41. The van der Waals surface area contributed by atoms with Crippen LogP contribution in [0, 0.1) is 6.92 Å². The molecule has 0 aliphatic carbocycles. The van der Waals surface area contributed by atoms with Crippen molar-refractivity contribution in [2.24, 2.45) is 0 Å². The zero-order chi connectivity index (χ0) is 18.4. The number of ether oxygens (including phenoxy) is 1. The summed E-state index contributed by atoms with van der Waals surface area (Å²) < 4.78 is 11.2. The number of piperidine rings is 1. The van der Waals surface area contributed by atoms with Crippen molar-refractivity contribution in [2.45, 2.75) is 32.2 Å². The van der Waals surface area contributed by atoms with Gasteiger partial charge in [0.25, 0.3) is 5.91 Å². The maximum atomic E-state index is 12.2. The van der Waals surface area contributed by atoms with Crippen LogP contribution in [0.1, 0.15) is 36.6 Å². The summed E-state index contributed by atoms with van der Waals surface area (Å²) in [4.78, 5) is 14.6. The van der Waals surface area contributed by atoms with Crippen molar-refractivity contribution in [1.82, 2.24) is 10.2 Å². The van der Waals surface area contributed by atoms with Crippen molar-refractivity contribution in [3.05, 3.63) is 52.9 Å². The van der Waals surface area contributed by atoms with Crippen molar-refractivity contribution in [2.75, 3.05) is 26.2 Å². The molecule has 1 saturated heterocycles. The van der Waals surface area contributed by atoms with Gasteiger partial charge in [-0.15, -0.1) is 0 Å². The fourth-order valence-electron chi connectivity index (χ4n) is 3.30. The molecule has 1 atom stereocenters. The highest BCUT2D eigenvalue weighted by Gasteiger charge is 2.24. The quantitative estimate of drug-likeness (QED) is 0.794. The first-order chi connectivity index (χ1) is 12.6. The van der Waals surface area contributed by atoms with E-state index in [2.05, 4.69) is 10.2 Å². The maximum absolute atomic E-state index is 12.2. The van der Waals surface area contributed by atoms with Gasteiger partial charge in [-0.1, -0.05) is 18.0 Å². The van der Waals surface area contributed by atoms with Crippen molar-refractivity contribution < 1.29 is 13.9 Å². The lowest BCUT2D eigenvalue weighted by Crippen LogP contribution is -2.41. The number of carbonyl (C=O) groups excluding carboxylic acids is 1. The molecule has 6 heteroatoms. The van der Waals surface area contributed by atoms with E-state index in [0.29, 0.717) is 17.3 Å². The first-order valence-corrected chi connectivity index (χ1v) is 9.44. The Morgan fingerprint density at radius 1 is 1.31 bits per heavy atom. The average Bonchev–Trinajstić information content (AvgIpc) is 3.16. The Bertz CT molecular complexity index is 712. The van der Waals surface area contributed by atoms with Gasteiger partial charge in [0.1, 0.15) is 11.5 Å². The Morgan fingerprint density at radius 3 is 2.81 bits per heavy atom. The lowest BCUT2D eigenvalue weighted by molar-refractivity contribution is -0.123. The second kappa shape index (κ2) is 9.10. The smallest absolute Gasteiger partial charge is 0.258 e. The van der Waals surface area contributed by atoms with E-state index in [0.717, 1.165) is 24.4 Å². The summed E-state index contributed by atoms with van der Waals surface area (Å²) >= 11 is 5.94. The molecule has 1 aliphatic rings. The predicted octanol–water partition coefficient (Wildman–Crippen LogP) is 3.96. The molecule has 2 heterocycles. The van der Waals surface area contributed by atoms with Crippen LogP contribution in [-0.4, -0.2) is 37.0 Å². The van der Waals surface area contributed by atoms with Gasteiger partial charge in [0.2, 0.25) is 0 Å². The van der Waals surface area contributed by atoms with Crippen LogP contribution in [0.3, 0.4) is 0 Å². The van der Waals surface area contributed by atoms with Crippen LogP contribution in [0.25, 0.3) is 0 Å². The van der Waals surface area contributed by atoms with Crippen LogP contribution >= 0.6 is 11.6 Å². The van der Waals surface area contributed by atoms with E-state index < -0.39 is 0 Å². The molecular formula is C20H25ClN2O3. The molecule has 0 radical (unpaired) electrons. The number of hydrogen-bond acceptors (Lipinski definition) is 4. The fourth-order valence-corrected chi connectivity index (χ4v) is 3.53. The van der Waals surface area contributed by atoms with E-state index in [9.17, 15) is 4.79 Å². The average molecular weight is 377 g/mol. The Morgan fingerprint density at radius 2 is 2.12 bits per heavy atom. The second-order valence-electron chi connectivity index (χ2n) is 6.63. The minimum Gasteiger partial charge on any atom is -0.484 e. The summed E-state index contributed by atoms with van der Waals surface area (Å²) in [7, 11) is 0. The SMILES string of the molecule is Cc1cc(Cl)ccc1OCC(=O)NCC(c1ccco1)N1CCCCC1. The number of likely N-dealkylation sites (tertiary alicyclic amines) is 1. The molecular weight excluding hydrogens is 352 g/mol. The molecule has 0 spiro atoms. The predicted molar refractivity (Wildman–Crippen MR) is 102 cm³/mol. The van der Waals surface area contributed by atoms with Crippen LogP contribution in [-0.2, 0) is 4.79 Å². The monoisotopic (exact) mass is 376 g/mol. The fraction of sp³-hybridized carbons (Fsp3) is 0.450. The Balaban J connectivity index is 1.53. The molecule has 1 aromatic carbocycles. The molecule has 0 bridgehead atoms. The number of benzene rings is 1. The molecule has 1 N–H and O–H groups in total. The minimum absolute atomic E-state index is 0.0205. The number of nitrogens with one attached hydrogen (secondary N) is 1. The van der Waals surface area contributed by atoms with Gasteiger partial charge in [-0.3, -0.25) is 9.69 Å². The highest BCUT2D eigenvalue weighted by atomic mass is 35.5. The number of aryl methyl sites for hydroxylation is 1.